The van der Waals surface area contributed by atoms with E-state index >= 15 is 0 Å². The maximum atomic E-state index is 13.1. The first-order chi connectivity index (χ1) is 19.0. The van der Waals surface area contributed by atoms with E-state index < -0.39 is 11.0 Å². The molecule has 0 aliphatic carbocycles. The molecule has 3 aromatic rings. The molecule has 3 heterocycles. The molecule has 1 atom stereocenters. The smallest absolute Gasteiger partial charge is 0.227 e. The standard InChI is InChI=1S/C29H38N6O3S/c1-33-27-19-24(8-9-26(27)29(32-33)31-28(37)10-13-30-21-36)23-11-16-34(17-12-23)20-22-6-5-7-25(18-22)39(38)35-14-3-2-4-15-35/h5-9,18-19,21,23H,2-4,10-17,20H2,1H3,(H,30,36)(H,31,32,37). The first-order valence-electron chi connectivity index (χ1n) is 13.9. The molecule has 0 spiro atoms. The summed E-state index contributed by atoms with van der Waals surface area (Å²) in [5.41, 5.74) is 3.52. The second-order valence-corrected chi connectivity index (χ2v) is 12.0. The number of hydrogen-bond acceptors (Lipinski definition) is 5. The van der Waals surface area contributed by atoms with Crippen molar-refractivity contribution in [2.75, 3.05) is 38.0 Å². The fourth-order valence-corrected chi connectivity index (χ4v) is 7.01. The largest absolute Gasteiger partial charge is 0.358 e. The van der Waals surface area contributed by atoms with Gasteiger partial charge in [0.2, 0.25) is 12.3 Å². The summed E-state index contributed by atoms with van der Waals surface area (Å²) in [5, 5.41) is 10.8. The average Bonchev–Trinajstić information content (AvgIpc) is 3.27. The number of benzene rings is 2. The topological polar surface area (TPSA) is 99.6 Å². The minimum atomic E-state index is -1.07. The number of amides is 2. The second-order valence-electron chi connectivity index (χ2n) is 10.6. The van der Waals surface area contributed by atoms with Crippen molar-refractivity contribution in [3.05, 3.63) is 53.6 Å². The quantitative estimate of drug-likeness (QED) is 0.297. The maximum Gasteiger partial charge on any atom is 0.227 e. The van der Waals surface area contributed by atoms with Gasteiger partial charge >= 0.3 is 0 Å². The van der Waals surface area contributed by atoms with Crippen LogP contribution in [0.25, 0.3) is 10.9 Å². The van der Waals surface area contributed by atoms with Gasteiger partial charge in [-0.05, 0) is 80.1 Å². The zero-order chi connectivity index (χ0) is 27.2. The summed E-state index contributed by atoms with van der Waals surface area (Å²) in [6, 6.07) is 14.7. The predicted molar refractivity (Wildman–Crippen MR) is 154 cm³/mol. The highest BCUT2D eigenvalue weighted by atomic mass is 32.2. The van der Waals surface area contributed by atoms with Crippen LogP contribution in [0.15, 0.2) is 47.4 Å². The van der Waals surface area contributed by atoms with Crippen LogP contribution < -0.4 is 10.6 Å². The summed E-state index contributed by atoms with van der Waals surface area (Å²) in [6.45, 7) is 5.06. The second kappa shape index (κ2) is 12.8. The number of hydrogen-bond donors (Lipinski definition) is 2. The normalized spacial score (nSPS) is 18.2. The Labute approximate surface area is 232 Å². The van der Waals surface area contributed by atoms with Gasteiger partial charge in [0.1, 0.15) is 11.0 Å². The number of likely N-dealkylation sites (tertiary alicyclic amines) is 1. The van der Waals surface area contributed by atoms with Crippen LogP contribution in [0.3, 0.4) is 0 Å². The molecule has 10 heteroatoms. The molecule has 2 aliphatic heterocycles. The van der Waals surface area contributed by atoms with Crippen molar-refractivity contribution in [3.8, 4) is 0 Å². The van der Waals surface area contributed by atoms with Crippen molar-refractivity contribution in [2.45, 2.75) is 55.9 Å². The third kappa shape index (κ3) is 6.74. The Kier molecular flexibility index (Phi) is 9.06. The molecule has 2 aliphatic rings. The lowest BCUT2D eigenvalue weighted by Gasteiger charge is -2.32. The Morgan fingerprint density at radius 2 is 1.87 bits per heavy atom. The first-order valence-corrected chi connectivity index (χ1v) is 15.0. The molecule has 2 amide bonds. The lowest BCUT2D eigenvalue weighted by Crippen LogP contribution is -2.33. The number of piperidine rings is 2. The number of anilines is 1. The van der Waals surface area contributed by atoms with Crippen LogP contribution in [0.2, 0.25) is 0 Å². The van der Waals surface area contributed by atoms with Gasteiger partial charge in [-0.2, -0.15) is 5.10 Å². The molecule has 2 saturated heterocycles. The zero-order valence-corrected chi connectivity index (χ0v) is 23.4. The van der Waals surface area contributed by atoms with Crippen molar-refractivity contribution in [1.29, 1.82) is 0 Å². The Morgan fingerprint density at radius 3 is 2.64 bits per heavy atom. The lowest BCUT2D eigenvalue weighted by atomic mass is 9.89. The predicted octanol–water partition coefficient (Wildman–Crippen LogP) is 3.54. The molecule has 5 rings (SSSR count). The minimum absolute atomic E-state index is 0.177. The van der Waals surface area contributed by atoms with Crippen molar-refractivity contribution in [2.24, 2.45) is 7.05 Å². The molecule has 0 radical (unpaired) electrons. The lowest BCUT2D eigenvalue weighted by molar-refractivity contribution is -0.116. The molecule has 0 bridgehead atoms. The maximum absolute atomic E-state index is 13.1. The van der Waals surface area contributed by atoms with Crippen molar-refractivity contribution in [1.82, 2.24) is 24.3 Å². The summed E-state index contributed by atoms with van der Waals surface area (Å²) < 4.78 is 17.0. The van der Waals surface area contributed by atoms with Gasteiger partial charge in [-0.25, -0.2) is 8.51 Å². The number of nitrogens with one attached hydrogen (secondary N) is 2. The van der Waals surface area contributed by atoms with Crippen LogP contribution in [-0.4, -0.2) is 68.2 Å². The Bertz CT molecular complexity index is 1330. The molecule has 208 valence electrons. The van der Waals surface area contributed by atoms with E-state index in [-0.39, 0.29) is 12.3 Å². The molecular weight excluding hydrogens is 512 g/mol. The summed E-state index contributed by atoms with van der Waals surface area (Å²) in [7, 11) is 0.828. The fourth-order valence-electron chi connectivity index (χ4n) is 5.67. The Morgan fingerprint density at radius 1 is 1.08 bits per heavy atom. The number of rotatable bonds is 10. The molecule has 2 N–H and O–H groups in total. The number of aryl methyl sites for hydroxylation is 1. The number of aromatic nitrogens is 2. The minimum Gasteiger partial charge on any atom is -0.358 e. The molecule has 1 aromatic heterocycles. The van der Waals surface area contributed by atoms with Crippen LogP contribution in [0.1, 0.15) is 55.6 Å². The molecule has 2 fully saturated rings. The van der Waals surface area contributed by atoms with Gasteiger partial charge in [-0.3, -0.25) is 19.2 Å². The van der Waals surface area contributed by atoms with Gasteiger partial charge in [0, 0.05) is 45.0 Å². The molecule has 2 aromatic carbocycles. The third-order valence-electron chi connectivity index (χ3n) is 7.83. The number of carbonyl (C=O) groups is 2. The summed E-state index contributed by atoms with van der Waals surface area (Å²) >= 11 is 0. The van der Waals surface area contributed by atoms with Gasteiger partial charge in [0.15, 0.2) is 5.82 Å². The van der Waals surface area contributed by atoms with Gasteiger partial charge in [0.05, 0.1) is 10.4 Å². The monoisotopic (exact) mass is 550 g/mol. The van der Waals surface area contributed by atoms with E-state index in [1.165, 1.54) is 17.5 Å². The summed E-state index contributed by atoms with van der Waals surface area (Å²) in [5.74, 6) is 0.850. The van der Waals surface area contributed by atoms with Crippen LogP contribution >= 0.6 is 0 Å². The van der Waals surface area contributed by atoms with Crippen molar-refractivity contribution in [3.63, 3.8) is 0 Å². The highest BCUT2D eigenvalue weighted by Gasteiger charge is 2.23. The van der Waals surface area contributed by atoms with Crippen molar-refractivity contribution < 1.29 is 13.8 Å². The van der Waals surface area contributed by atoms with Gasteiger partial charge < -0.3 is 10.6 Å². The highest BCUT2D eigenvalue weighted by molar-refractivity contribution is 7.82. The molecule has 9 nitrogen and oxygen atoms in total. The number of nitrogens with zero attached hydrogens (tertiary/aromatic N) is 4. The van der Waals surface area contributed by atoms with E-state index in [4.69, 9.17) is 0 Å². The summed E-state index contributed by atoms with van der Waals surface area (Å²) in [4.78, 5) is 26.0. The van der Waals surface area contributed by atoms with Gasteiger partial charge in [-0.15, -0.1) is 0 Å². The fraction of sp³-hybridized carbons (Fsp3) is 0.483. The van der Waals surface area contributed by atoms with Crippen LogP contribution in [-0.2, 0) is 34.2 Å². The molecular formula is C29H38N6O3S. The van der Waals surface area contributed by atoms with Gasteiger partial charge in [0.25, 0.3) is 0 Å². The first kappa shape index (κ1) is 27.5. The molecule has 0 saturated carbocycles. The Hall–Kier alpha value is -3.08. The van der Waals surface area contributed by atoms with Crippen LogP contribution in [0.5, 0.6) is 0 Å². The molecule has 39 heavy (non-hydrogen) atoms. The van der Waals surface area contributed by atoms with E-state index in [0.717, 1.165) is 74.2 Å². The SMILES string of the molecule is Cn1nc(NC(=O)CCNC=O)c2ccc(C3CCN(Cc4cccc(S(=O)N5CCCCC5)c4)CC3)cc21. The van der Waals surface area contributed by atoms with Crippen LogP contribution in [0, 0.1) is 0 Å². The average molecular weight is 551 g/mol. The highest BCUT2D eigenvalue weighted by Crippen LogP contribution is 2.32. The zero-order valence-electron chi connectivity index (χ0n) is 22.6. The third-order valence-corrected chi connectivity index (χ3v) is 9.32. The van der Waals surface area contributed by atoms with E-state index in [1.807, 2.05) is 23.9 Å². The van der Waals surface area contributed by atoms with E-state index in [0.29, 0.717) is 24.7 Å². The van der Waals surface area contributed by atoms with Gasteiger partial charge in [-0.1, -0.05) is 24.6 Å². The Balaban J connectivity index is 1.18. The summed E-state index contributed by atoms with van der Waals surface area (Å²) in [6.07, 6.45) is 6.45. The van der Waals surface area contributed by atoms with E-state index in [1.54, 1.807) is 0 Å². The molecule has 1 unspecified atom stereocenters. The van der Waals surface area contributed by atoms with Crippen molar-refractivity contribution >= 4 is 40.0 Å². The van der Waals surface area contributed by atoms with Crippen LogP contribution in [0.4, 0.5) is 5.82 Å². The van der Waals surface area contributed by atoms with E-state index in [2.05, 4.69) is 55.3 Å². The van der Waals surface area contributed by atoms with E-state index in [9.17, 15) is 13.8 Å². The number of fused-ring (bicyclic) bond motifs is 1. The number of carbonyl (C=O) groups excluding carboxylic acids is 2.